The smallest absolute Gasteiger partial charge is 0.259 e. The molecule has 2 aromatic heterocycles. The van der Waals surface area contributed by atoms with Crippen molar-refractivity contribution < 1.29 is 37.1 Å². The van der Waals surface area contributed by atoms with Crippen molar-refractivity contribution in [2.24, 2.45) is 17.3 Å². The van der Waals surface area contributed by atoms with Crippen LogP contribution < -0.4 is 19.5 Å². The predicted octanol–water partition coefficient (Wildman–Crippen LogP) is 7.12. The number of sulfonamides is 1. The molecule has 0 spiro atoms. The van der Waals surface area contributed by atoms with Crippen molar-refractivity contribution in [2.75, 3.05) is 20.2 Å². The van der Waals surface area contributed by atoms with Crippen LogP contribution in [0.3, 0.4) is 0 Å². The minimum Gasteiger partial charge on any atom is -0.497 e. The van der Waals surface area contributed by atoms with Gasteiger partial charge >= 0.3 is 0 Å². The van der Waals surface area contributed by atoms with Crippen molar-refractivity contribution in [2.45, 2.75) is 101 Å². The first-order valence-corrected chi connectivity index (χ1v) is 25.1. The first-order valence-electron chi connectivity index (χ1n) is 23.5. The molecule has 6 atom stereocenters. The molecule has 0 radical (unpaired) electrons. The van der Waals surface area contributed by atoms with E-state index in [1.54, 1.807) is 7.11 Å². The van der Waals surface area contributed by atoms with Crippen molar-refractivity contribution in [3.05, 3.63) is 109 Å². The molecule has 4 heterocycles. The number of hydrogen-bond donors (Lipinski definition) is 3. The van der Waals surface area contributed by atoms with Gasteiger partial charge < -0.3 is 24.6 Å². The summed E-state index contributed by atoms with van der Waals surface area (Å²) in [5.41, 5.74) is 2.37. The summed E-state index contributed by atoms with van der Waals surface area (Å²) in [6, 6.07) is 27.4. The van der Waals surface area contributed by atoms with Crippen molar-refractivity contribution in [1.82, 2.24) is 35.0 Å². The zero-order chi connectivity index (χ0) is 48.0. The van der Waals surface area contributed by atoms with Crippen molar-refractivity contribution >= 4 is 44.6 Å². The van der Waals surface area contributed by atoms with Gasteiger partial charge in [-0.1, -0.05) is 87.5 Å². The van der Waals surface area contributed by atoms with E-state index in [9.17, 15) is 22.8 Å². The Labute approximate surface area is 397 Å². The molecule has 2 unspecified atom stereocenters. The van der Waals surface area contributed by atoms with E-state index < -0.39 is 67.9 Å². The van der Waals surface area contributed by atoms with E-state index >= 15 is 4.79 Å². The van der Waals surface area contributed by atoms with Crippen LogP contribution in [0.4, 0.5) is 0 Å². The summed E-state index contributed by atoms with van der Waals surface area (Å²) in [6.45, 7) is 10.1. The van der Waals surface area contributed by atoms with E-state index in [-0.39, 0.29) is 37.8 Å². The second-order valence-electron chi connectivity index (χ2n) is 19.7. The normalized spacial score (nSPS) is 23.1. The zero-order valence-electron chi connectivity index (χ0n) is 38.9. The third kappa shape index (κ3) is 9.47. The topological polar surface area (TPSA) is 193 Å². The second-order valence-corrected chi connectivity index (χ2v) is 21.7. The largest absolute Gasteiger partial charge is 0.497 e. The fourth-order valence-electron chi connectivity index (χ4n) is 9.80. The highest BCUT2D eigenvalue weighted by Gasteiger charge is 2.62. The Kier molecular flexibility index (Phi) is 12.7. The van der Waals surface area contributed by atoms with Crippen LogP contribution in [0.2, 0.25) is 0 Å². The van der Waals surface area contributed by atoms with E-state index in [4.69, 9.17) is 14.5 Å². The maximum absolute atomic E-state index is 15.4. The summed E-state index contributed by atoms with van der Waals surface area (Å²) >= 11 is 0. The highest BCUT2D eigenvalue weighted by atomic mass is 32.2. The third-order valence-electron chi connectivity index (χ3n) is 14.0. The molecule has 0 bridgehead atoms. The summed E-state index contributed by atoms with van der Waals surface area (Å²) < 4.78 is 40.5. The Morgan fingerprint density at radius 1 is 0.926 bits per heavy atom. The average molecular weight is 942 g/mol. The molecule has 2 saturated heterocycles. The molecule has 2 aliphatic carbocycles. The lowest BCUT2D eigenvalue weighted by molar-refractivity contribution is -0.149. The number of nitrogens with zero attached hydrogens (tertiary/aromatic N) is 4. The number of amides is 4. The number of fused-ring (bicyclic) bond motifs is 1. The van der Waals surface area contributed by atoms with Gasteiger partial charge in [0.25, 0.3) is 5.91 Å². The van der Waals surface area contributed by atoms with E-state index in [1.807, 2.05) is 117 Å². The second kappa shape index (κ2) is 18.5. The number of aromatic nitrogens is 3. The number of likely N-dealkylation sites (tertiary alicyclic amines) is 2. The van der Waals surface area contributed by atoms with Crippen LogP contribution in [-0.4, -0.2) is 100 Å². The van der Waals surface area contributed by atoms with Gasteiger partial charge in [0.15, 0.2) is 0 Å². The quantitative estimate of drug-likeness (QED) is 0.0911. The number of methoxy groups -OCH3 is 1. The molecule has 15 nitrogen and oxygen atoms in total. The number of rotatable bonds is 15. The summed E-state index contributed by atoms with van der Waals surface area (Å²) in [5, 5.41) is 10.7. The first-order chi connectivity index (χ1) is 32.6. The summed E-state index contributed by atoms with van der Waals surface area (Å²) in [4.78, 5) is 67.0. The SMILES string of the molecule is C=C[C@@H]1CC1(NC(=O)[C@@H]1C[C@@H](Oc2cc(-c3ccccc3)nc3cc(OC)ccc23)CN1C(=O)[C@@H](CC(=O)N1CCCCC1c1cc(-c2ccccc2)n[nH]1)C(C)(C)C)C(=O)NS(=O)(=O)C1CC1. The van der Waals surface area contributed by atoms with Gasteiger partial charge in [-0.2, -0.15) is 5.10 Å². The molecule has 4 fully saturated rings. The van der Waals surface area contributed by atoms with Gasteiger partial charge in [0.1, 0.15) is 29.2 Å². The van der Waals surface area contributed by atoms with E-state index in [2.05, 4.69) is 26.8 Å². The Bertz CT molecular complexity index is 2840. The zero-order valence-corrected chi connectivity index (χ0v) is 39.8. The molecule has 2 aliphatic heterocycles. The monoisotopic (exact) mass is 941 g/mol. The Hall–Kier alpha value is -6.55. The van der Waals surface area contributed by atoms with Gasteiger partial charge in [-0.15, -0.1) is 6.58 Å². The number of ether oxygens (including phenoxy) is 2. The number of H-pyrrole nitrogens is 1. The van der Waals surface area contributed by atoms with Crippen LogP contribution in [0, 0.1) is 17.3 Å². The summed E-state index contributed by atoms with van der Waals surface area (Å²) in [7, 11) is -2.35. The molecule has 9 rings (SSSR count). The molecule has 3 N–H and O–H groups in total. The van der Waals surface area contributed by atoms with Gasteiger partial charge in [0.2, 0.25) is 27.7 Å². The van der Waals surface area contributed by atoms with Crippen molar-refractivity contribution in [3.63, 3.8) is 0 Å². The van der Waals surface area contributed by atoms with Crippen LogP contribution in [-0.2, 0) is 29.2 Å². The molecule has 2 saturated carbocycles. The maximum atomic E-state index is 15.4. The molecule has 3 aromatic carbocycles. The summed E-state index contributed by atoms with van der Waals surface area (Å²) in [6.07, 6.45) is 4.25. The van der Waals surface area contributed by atoms with Crippen LogP contribution >= 0.6 is 0 Å². The Morgan fingerprint density at radius 2 is 1.63 bits per heavy atom. The van der Waals surface area contributed by atoms with Gasteiger partial charge in [-0.05, 0) is 62.1 Å². The Balaban J connectivity index is 1.02. The number of piperidine rings is 1. The van der Waals surface area contributed by atoms with Crippen molar-refractivity contribution in [1.29, 1.82) is 0 Å². The van der Waals surface area contributed by atoms with Crippen LogP contribution in [0.25, 0.3) is 33.4 Å². The lowest BCUT2D eigenvalue weighted by Gasteiger charge is -2.39. The highest BCUT2D eigenvalue weighted by Crippen LogP contribution is 2.46. The van der Waals surface area contributed by atoms with Gasteiger partial charge in [-0.25, -0.2) is 13.4 Å². The van der Waals surface area contributed by atoms with Gasteiger partial charge in [0, 0.05) is 54.0 Å². The Morgan fingerprint density at radius 3 is 2.28 bits per heavy atom. The minimum absolute atomic E-state index is 0.0127. The minimum atomic E-state index is -3.94. The van der Waals surface area contributed by atoms with Crippen LogP contribution in [0.1, 0.15) is 83.9 Å². The highest BCUT2D eigenvalue weighted by molar-refractivity contribution is 7.91. The predicted molar refractivity (Wildman–Crippen MR) is 257 cm³/mol. The molecule has 68 heavy (non-hydrogen) atoms. The number of pyridine rings is 1. The molecule has 5 aromatic rings. The number of aromatic amines is 1. The molecule has 4 amide bonds. The van der Waals surface area contributed by atoms with Gasteiger partial charge in [-0.3, -0.25) is 29.0 Å². The molecular weight excluding hydrogens is 883 g/mol. The number of carbonyl (C=O) groups excluding carboxylic acids is 4. The van der Waals surface area contributed by atoms with Crippen molar-refractivity contribution in [3.8, 4) is 34.0 Å². The molecule has 356 valence electrons. The molecular formula is C52H59N7O8S. The lowest BCUT2D eigenvalue weighted by Crippen LogP contribution is -2.57. The van der Waals surface area contributed by atoms with Crippen LogP contribution in [0.5, 0.6) is 11.5 Å². The summed E-state index contributed by atoms with van der Waals surface area (Å²) in [5.74, 6) is -2.36. The molecule has 4 aliphatic rings. The fourth-order valence-corrected chi connectivity index (χ4v) is 11.2. The number of hydrogen-bond acceptors (Lipinski definition) is 10. The van der Waals surface area contributed by atoms with Gasteiger partial charge in [0.05, 0.1) is 53.5 Å². The third-order valence-corrected chi connectivity index (χ3v) is 15.8. The number of benzene rings is 3. The maximum Gasteiger partial charge on any atom is 0.259 e. The first kappa shape index (κ1) is 46.6. The standard InChI is InChI=1S/C52H59N7O8S/c1-6-34-30-52(34,50(63)57-68(64,65)37-21-22-37)54-48(61)45-26-36(67-46-29-40(32-15-9-7-10-16-32)53-42-25-35(66-5)20-23-38(42)46)31-59(45)49(62)39(51(2,3)4)27-47(60)58-24-14-13-19-44(58)43-28-41(55-56-43)33-17-11-8-12-18-33/h6-12,15-18,20,23,25,28-29,34,36-37,39,44-45H,1,13-14,19,21-22,24,26-27,30-31H2,2-5H3,(H,54,61)(H,55,56)(H,57,63)/t34-,36-,39-,44?,45+,52?/m1/s1. The van der Waals surface area contributed by atoms with Crippen LogP contribution in [0.15, 0.2) is 104 Å². The number of nitrogens with one attached hydrogen (secondary N) is 3. The fraction of sp³-hybridized carbons (Fsp3) is 0.423. The van der Waals surface area contributed by atoms with E-state index in [0.717, 1.165) is 41.8 Å². The molecule has 16 heteroatoms. The number of carbonyl (C=O) groups is 4. The van der Waals surface area contributed by atoms with E-state index in [1.165, 1.54) is 11.0 Å². The van der Waals surface area contributed by atoms with E-state index in [0.29, 0.717) is 47.5 Å². The average Bonchev–Trinajstić information content (AvgIpc) is 4.23. The lowest BCUT2D eigenvalue weighted by atomic mass is 9.77.